The summed E-state index contributed by atoms with van der Waals surface area (Å²) in [6.45, 7) is 1.58. The van der Waals surface area contributed by atoms with Crippen LogP contribution in [-0.2, 0) is 6.18 Å². The van der Waals surface area contributed by atoms with Gasteiger partial charge in [0.2, 0.25) is 0 Å². The van der Waals surface area contributed by atoms with Gasteiger partial charge in [-0.05, 0) is 31.2 Å². The summed E-state index contributed by atoms with van der Waals surface area (Å²) in [7, 11) is 0. The number of benzene rings is 1. The molecule has 0 atom stereocenters. The molecule has 3 aromatic rings. The number of carbonyl (C=O) groups is 1. The zero-order valence-electron chi connectivity index (χ0n) is 13.0. The maximum atomic E-state index is 13.0. The normalized spacial score (nSPS) is 11.8. The second kappa shape index (κ2) is 6.64. The van der Waals surface area contributed by atoms with Gasteiger partial charge in [-0.25, -0.2) is 4.98 Å². The van der Waals surface area contributed by atoms with Crippen LogP contribution >= 0.6 is 34.8 Å². The second-order valence-electron chi connectivity index (χ2n) is 5.39. The van der Waals surface area contributed by atoms with Gasteiger partial charge in [0.25, 0.3) is 5.91 Å². The van der Waals surface area contributed by atoms with Gasteiger partial charge in [-0.15, -0.1) is 0 Å². The molecule has 26 heavy (non-hydrogen) atoms. The Hall–Kier alpha value is -1.96. The molecule has 0 saturated carbocycles. The van der Waals surface area contributed by atoms with E-state index in [-0.39, 0.29) is 21.4 Å². The first-order valence-corrected chi connectivity index (χ1v) is 8.23. The van der Waals surface area contributed by atoms with Gasteiger partial charge in [-0.3, -0.25) is 9.20 Å². The third kappa shape index (κ3) is 3.47. The van der Waals surface area contributed by atoms with Gasteiger partial charge in [0.05, 0.1) is 26.3 Å². The minimum Gasteiger partial charge on any atom is -0.321 e. The van der Waals surface area contributed by atoms with Crippen LogP contribution in [-0.4, -0.2) is 15.3 Å². The lowest BCUT2D eigenvalue weighted by molar-refractivity contribution is -0.137. The van der Waals surface area contributed by atoms with Crippen LogP contribution in [0, 0.1) is 6.92 Å². The minimum absolute atomic E-state index is 0.0609. The van der Waals surface area contributed by atoms with Gasteiger partial charge >= 0.3 is 6.18 Å². The lowest BCUT2D eigenvalue weighted by atomic mass is 10.2. The summed E-state index contributed by atoms with van der Waals surface area (Å²) in [5.74, 6) is -0.663. The number of fused-ring (bicyclic) bond motifs is 1. The van der Waals surface area contributed by atoms with E-state index in [4.69, 9.17) is 34.8 Å². The lowest BCUT2D eigenvalue weighted by Gasteiger charge is -2.12. The average Bonchev–Trinajstić information content (AvgIpc) is 2.84. The predicted molar refractivity (Wildman–Crippen MR) is 94.4 cm³/mol. The number of amides is 1. The summed E-state index contributed by atoms with van der Waals surface area (Å²) in [6.07, 6.45) is -3.20. The van der Waals surface area contributed by atoms with Gasteiger partial charge in [0.1, 0.15) is 5.69 Å². The summed E-state index contributed by atoms with van der Waals surface area (Å²) >= 11 is 17.6. The molecule has 0 fully saturated rings. The zero-order chi connectivity index (χ0) is 19.2. The van der Waals surface area contributed by atoms with Crippen molar-refractivity contribution in [2.24, 2.45) is 0 Å². The minimum atomic E-state index is -4.64. The number of imidazole rings is 1. The largest absolute Gasteiger partial charge is 0.417 e. The van der Waals surface area contributed by atoms with Crippen LogP contribution in [0.5, 0.6) is 0 Å². The topological polar surface area (TPSA) is 46.4 Å². The summed E-state index contributed by atoms with van der Waals surface area (Å²) < 4.78 is 40.3. The number of rotatable bonds is 2. The SMILES string of the molecule is Cc1nc2c(Cl)cc(Cl)cn2c1C(=O)Nc1ccc(Cl)c(C(F)(F)F)c1. The van der Waals surface area contributed by atoms with E-state index in [1.165, 1.54) is 22.7 Å². The Morgan fingerprint density at radius 2 is 1.85 bits per heavy atom. The van der Waals surface area contributed by atoms with Crippen LogP contribution < -0.4 is 5.32 Å². The Morgan fingerprint density at radius 1 is 1.15 bits per heavy atom. The summed E-state index contributed by atoms with van der Waals surface area (Å²) in [5, 5.41) is 2.47. The number of pyridine rings is 1. The number of halogens is 6. The van der Waals surface area contributed by atoms with E-state index >= 15 is 0 Å². The molecule has 0 saturated heterocycles. The molecule has 10 heteroatoms. The fraction of sp³-hybridized carbons (Fsp3) is 0.125. The first-order chi connectivity index (χ1) is 12.1. The standard InChI is InChI=1S/C16H9Cl3F3N3O/c1-7-13(25-6-8(17)4-12(19)14(25)23-7)15(26)24-9-2-3-11(18)10(5-9)16(20,21)22/h2-6H,1H3,(H,24,26). The molecular weight excluding hydrogens is 414 g/mol. The number of nitrogens with zero attached hydrogens (tertiary/aromatic N) is 2. The molecule has 3 rings (SSSR count). The molecule has 0 radical (unpaired) electrons. The smallest absolute Gasteiger partial charge is 0.321 e. The number of anilines is 1. The third-order valence-electron chi connectivity index (χ3n) is 3.56. The molecule has 0 aliphatic rings. The Morgan fingerprint density at radius 3 is 2.50 bits per heavy atom. The number of carbonyl (C=O) groups excluding carboxylic acids is 1. The number of hydrogen-bond donors (Lipinski definition) is 1. The van der Waals surface area contributed by atoms with Gasteiger partial charge in [0, 0.05) is 11.9 Å². The van der Waals surface area contributed by atoms with Crippen LogP contribution in [0.4, 0.5) is 18.9 Å². The van der Waals surface area contributed by atoms with Crippen LogP contribution in [0.2, 0.25) is 15.1 Å². The average molecular weight is 423 g/mol. The molecule has 1 aromatic carbocycles. The quantitative estimate of drug-likeness (QED) is 0.561. The van der Waals surface area contributed by atoms with E-state index in [1.807, 2.05) is 0 Å². The zero-order valence-corrected chi connectivity index (χ0v) is 15.2. The van der Waals surface area contributed by atoms with E-state index in [9.17, 15) is 18.0 Å². The summed E-state index contributed by atoms with van der Waals surface area (Å²) in [4.78, 5) is 16.8. The molecule has 2 aromatic heterocycles. The highest BCUT2D eigenvalue weighted by Gasteiger charge is 2.33. The van der Waals surface area contributed by atoms with Crippen molar-refractivity contribution < 1.29 is 18.0 Å². The van der Waals surface area contributed by atoms with Crippen LogP contribution in [0.1, 0.15) is 21.7 Å². The molecule has 0 aliphatic carbocycles. The van der Waals surface area contributed by atoms with Crippen LogP contribution in [0.15, 0.2) is 30.5 Å². The predicted octanol–water partition coefficient (Wildman–Crippen LogP) is 5.87. The van der Waals surface area contributed by atoms with Crippen molar-refractivity contribution in [2.45, 2.75) is 13.1 Å². The third-order valence-corrected chi connectivity index (χ3v) is 4.38. The molecule has 2 heterocycles. The van der Waals surface area contributed by atoms with Gasteiger partial charge in [-0.2, -0.15) is 13.2 Å². The first kappa shape index (κ1) is 18.8. The Balaban J connectivity index is 2.02. The van der Waals surface area contributed by atoms with E-state index in [0.29, 0.717) is 11.3 Å². The molecule has 0 spiro atoms. The number of hydrogen-bond acceptors (Lipinski definition) is 2. The number of alkyl halides is 3. The van der Waals surface area contributed by atoms with Crippen molar-refractivity contribution >= 4 is 52.0 Å². The van der Waals surface area contributed by atoms with Gasteiger partial charge in [0.15, 0.2) is 5.65 Å². The highest BCUT2D eigenvalue weighted by molar-refractivity contribution is 6.36. The molecule has 1 amide bonds. The van der Waals surface area contributed by atoms with E-state index in [1.54, 1.807) is 6.92 Å². The molecule has 1 N–H and O–H groups in total. The van der Waals surface area contributed by atoms with Crippen molar-refractivity contribution in [3.63, 3.8) is 0 Å². The van der Waals surface area contributed by atoms with Crippen LogP contribution in [0.3, 0.4) is 0 Å². The van der Waals surface area contributed by atoms with Gasteiger partial charge < -0.3 is 5.32 Å². The summed E-state index contributed by atoms with van der Waals surface area (Å²) in [5.41, 5.74) is -0.345. The van der Waals surface area contributed by atoms with Crippen molar-refractivity contribution in [1.82, 2.24) is 9.38 Å². The molecule has 0 bridgehead atoms. The maximum Gasteiger partial charge on any atom is 0.417 e. The fourth-order valence-electron chi connectivity index (χ4n) is 2.47. The van der Waals surface area contributed by atoms with Crippen molar-refractivity contribution in [3.8, 4) is 0 Å². The number of nitrogens with one attached hydrogen (secondary N) is 1. The van der Waals surface area contributed by atoms with Crippen LogP contribution in [0.25, 0.3) is 5.65 Å². The molecular formula is C16H9Cl3F3N3O. The Bertz CT molecular complexity index is 1030. The lowest BCUT2D eigenvalue weighted by Crippen LogP contribution is -2.16. The first-order valence-electron chi connectivity index (χ1n) is 7.09. The van der Waals surface area contributed by atoms with E-state index in [0.717, 1.165) is 12.1 Å². The summed E-state index contributed by atoms with van der Waals surface area (Å²) in [6, 6.07) is 4.57. The highest BCUT2D eigenvalue weighted by atomic mass is 35.5. The van der Waals surface area contributed by atoms with E-state index < -0.39 is 22.7 Å². The molecule has 0 aliphatic heterocycles. The molecule has 136 valence electrons. The van der Waals surface area contributed by atoms with Crippen molar-refractivity contribution in [2.75, 3.05) is 5.32 Å². The fourth-order valence-corrected chi connectivity index (χ4v) is 3.21. The Kier molecular flexibility index (Phi) is 4.81. The number of aromatic nitrogens is 2. The van der Waals surface area contributed by atoms with Crippen molar-refractivity contribution in [3.05, 3.63) is 62.5 Å². The Labute approximate surface area is 160 Å². The molecule has 0 unspecified atom stereocenters. The maximum absolute atomic E-state index is 13.0. The van der Waals surface area contributed by atoms with Crippen molar-refractivity contribution in [1.29, 1.82) is 0 Å². The number of aryl methyl sites for hydroxylation is 1. The highest BCUT2D eigenvalue weighted by Crippen LogP contribution is 2.36. The van der Waals surface area contributed by atoms with Gasteiger partial charge in [-0.1, -0.05) is 34.8 Å². The second-order valence-corrected chi connectivity index (χ2v) is 6.64. The van der Waals surface area contributed by atoms with E-state index in [2.05, 4.69) is 10.3 Å². The molecule has 4 nitrogen and oxygen atoms in total. The monoisotopic (exact) mass is 421 g/mol.